The molecule has 1 aliphatic heterocycles. The Morgan fingerprint density at radius 1 is 1.23 bits per heavy atom. The van der Waals surface area contributed by atoms with Crippen LogP contribution < -0.4 is 10.2 Å². The van der Waals surface area contributed by atoms with Gasteiger partial charge in [-0.15, -0.1) is 0 Å². The molecule has 0 unspecified atom stereocenters. The number of phenols is 1. The van der Waals surface area contributed by atoms with Crippen LogP contribution in [0, 0.1) is 0 Å². The molecule has 0 radical (unpaired) electrons. The summed E-state index contributed by atoms with van der Waals surface area (Å²) in [5, 5.41) is 13.5. The fourth-order valence-electron chi connectivity index (χ4n) is 4.09. The third-order valence-corrected chi connectivity index (χ3v) is 5.73. The second kappa shape index (κ2) is 9.69. The molecule has 1 amide bonds. The highest BCUT2D eigenvalue weighted by atomic mass is 16.3. The van der Waals surface area contributed by atoms with E-state index in [9.17, 15) is 9.90 Å². The lowest BCUT2D eigenvalue weighted by Crippen LogP contribution is -2.44. The van der Waals surface area contributed by atoms with E-state index in [1.54, 1.807) is 18.4 Å². The number of rotatable bonds is 8. The predicted molar refractivity (Wildman–Crippen MR) is 122 cm³/mol. The van der Waals surface area contributed by atoms with Crippen LogP contribution in [0.1, 0.15) is 39.0 Å². The summed E-state index contributed by atoms with van der Waals surface area (Å²) in [6.45, 7) is 3.63. The van der Waals surface area contributed by atoms with Crippen molar-refractivity contribution in [3.05, 3.63) is 54.8 Å². The normalized spacial score (nSPS) is 15.9. The molecule has 2 aromatic heterocycles. The van der Waals surface area contributed by atoms with Crippen LogP contribution in [-0.4, -0.2) is 35.1 Å². The van der Waals surface area contributed by atoms with Crippen LogP contribution in [0.5, 0.6) is 5.75 Å². The number of amides is 1. The number of phenolic OH excluding ortho intramolecular Hbond substituents is 1. The zero-order chi connectivity index (χ0) is 21.6. The zero-order valence-electron chi connectivity index (χ0n) is 17.9. The molecule has 1 fully saturated rings. The third kappa shape index (κ3) is 4.74. The van der Waals surface area contributed by atoms with Gasteiger partial charge < -0.3 is 19.7 Å². The molecule has 0 saturated carbocycles. The predicted octanol–water partition coefficient (Wildman–Crippen LogP) is 4.99. The number of benzene rings is 1. The molecule has 1 atom stereocenters. The minimum absolute atomic E-state index is 0.0583. The second-order valence-electron chi connectivity index (χ2n) is 7.94. The van der Waals surface area contributed by atoms with Crippen molar-refractivity contribution in [3.8, 4) is 28.3 Å². The van der Waals surface area contributed by atoms with E-state index in [1.165, 1.54) is 0 Å². The Hall–Kier alpha value is -3.28. The van der Waals surface area contributed by atoms with Crippen molar-refractivity contribution in [1.82, 2.24) is 10.3 Å². The van der Waals surface area contributed by atoms with Gasteiger partial charge in [0.05, 0.1) is 12.0 Å². The molecule has 1 aromatic carbocycles. The Kier molecular flexibility index (Phi) is 6.55. The van der Waals surface area contributed by atoms with Crippen LogP contribution >= 0.6 is 0 Å². The Labute approximate surface area is 182 Å². The molecule has 31 heavy (non-hydrogen) atoms. The van der Waals surface area contributed by atoms with Gasteiger partial charge in [-0.2, -0.15) is 0 Å². The topological polar surface area (TPSA) is 78.6 Å². The van der Waals surface area contributed by atoms with Crippen molar-refractivity contribution in [1.29, 1.82) is 0 Å². The van der Waals surface area contributed by atoms with Crippen LogP contribution in [-0.2, 0) is 4.79 Å². The first kappa shape index (κ1) is 21.0. The van der Waals surface area contributed by atoms with E-state index >= 15 is 0 Å². The van der Waals surface area contributed by atoms with Gasteiger partial charge in [0.1, 0.15) is 23.4 Å². The van der Waals surface area contributed by atoms with Crippen molar-refractivity contribution >= 4 is 11.7 Å². The molecule has 0 spiro atoms. The summed E-state index contributed by atoms with van der Waals surface area (Å²) in [6, 6.07) is 14.5. The number of furan rings is 1. The molecule has 2 N–H and O–H groups in total. The zero-order valence-corrected chi connectivity index (χ0v) is 17.9. The number of aromatic hydroxyl groups is 1. The quantitative estimate of drug-likeness (QED) is 0.503. The van der Waals surface area contributed by atoms with Gasteiger partial charge in [0.25, 0.3) is 0 Å². The summed E-state index contributed by atoms with van der Waals surface area (Å²) >= 11 is 0. The van der Waals surface area contributed by atoms with Crippen LogP contribution in [0.3, 0.4) is 0 Å². The number of nitrogens with one attached hydrogen (secondary N) is 1. The highest BCUT2D eigenvalue weighted by molar-refractivity contribution is 5.86. The number of carbonyl (C=O) groups excluding carboxylic acids is 1. The number of unbranched alkanes of at least 4 members (excludes halogenated alkanes) is 2. The Morgan fingerprint density at radius 2 is 2.10 bits per heavy atom. The molecule has 1 saturated heterocycles. The highest BCUT2D eigenvalue weighted by Gasteiger charge is 2.32. The summed E-state index contributed by atoms with van der Waals surface area (Å²) in [4.78, 5) is 19.8. The van der Waals surface area contributed by atoms with Gasteiger partial charge in [-0.25, -0.2) is 4.98 Å². The maximum atomic E-state index is 12.9. The van der Waals surface area contributed by atoms with E-state index in [4.69, 9.17) is 9.40 Å². The van der Waals surface area contributed by atoms with Crippen LogP contribution in [0.4, 0.5) is 5.82 Å². The third-order valence-electron chi connectivity index (χ3n) is 5.73. The van der Waals surface area contributed by atoms with E-state index in [1.807, 2.05) is 36.4 Å². The number of hydrogen-bond donors (Lipinski definition) is 2. The summed E-state index contributed by atoms with van der Waals surface area (Å²) in [7, 11) is 0. The van der Waals surface area contributed by atoms with Crippen LogP contribution in [0.2, 0.25) is 0 Å². The van der Waals surface area contributed by atoms with Gasteiger partial charge in [0.2, 0.25) is 5.91 Å². The fraction of sp³-hybridized carbons (Fsp3) is 0.360. The SMILES string of the molecule is CCCCCNC(=O)[C@@H]1CCCN1c1cc(-c2ccco2)cc(-c2ccccc2O)n1. The van der Waals surface area contributed by atoms with E-state index < -0.39 is 0 Å². The Bertz CT molecular complexity index is 1020. The molecule has 3 aromatic rings. The summed E-state index contributed by atoms with van der Waals surface area (Å²) in [6.07, 6.45) is 6.62. The smallest absolute Gasteiger partial charge is 0.242 e. The summed E-state index contributed by atoms with van der Waals surface area (Å²) < 4.78 is 5.62. The highest BCUT2D eigenvalue weighted by Crippen LogP contribution is 2.35. The number of para-hydroxylation sites is 1. The lowest BCUT2D eigenvalue weighted by Gasteiger charge is -2.26. The molecule has 0 aliphatic carbocycles. The molecule has 3 heterocycles. The van der Waals surface area contributed by atoms with Crippen molar-refractivity contribution < 1.29 is 14.3 Å². The first-order valence-electron chi connectivity index (χ1n) is 11.1. The number of hydrogen-bond acceptors (Lipinski definition) is 5. The molecule has 1 aliphatic rings. The Morgan fingerprint density at radius 3 is 2.87 bits per heavy atom. The second-order valence-corrected chi connectivity index (χ2v) is 7.94. The Balaban J connectivity index is 1.67. The first-order valence-corrected chi connectivity index (χ1v) is 11.1. The molecule has 162 valence electrons. The van der Waals surface area contributed by atoms with Gasteiger partial charge >= 0.3 is 0 Å². The molecular weight excluding hydrogens is 390 g/mol. The molecule has 0 bridgehead atoms. The number of nitrogens with zero attached hydrogens (tertiary/aromatic N) is 2. The number of pyridine rings is 1. The average molecular weight is 420 g/mol. The first-order chi connectivity index (χ1) is 15.2. The van der Waals surface area contributed by atoms with Crippen molar-refractivity contribution in [2.24, 2.45) is 0 Å². The molecule has 6 heteroatoms. The molecular formula is C25H29N3O3. The fourth-order valence-corrected chi connectivity index (χ4v) is 4.09. The van der Waals surface area contributed by atoms with Crippen LogP contribution in [0.25, 0.3) is 22.6 Å². The van der Waals surface area contributed by atoms with Gasteiger partial charge in [-0.05, 0) is 55.7 Å². The van der Waals surface area contributed by atoms with E-state index in [2.05, 4.69) is 17.1 Å². The van der Waals surface area contributed by atoms with E-state index in [0.717, 1.165) is 55.8 Å². The lowest BCUT2D eigenvalue weighted by molar-refractivity contribution is -0.122. The van der Waals surface area contributed by atoms with Gasteiger partial charge in [-0.1, -0.05) is 31.9 Å². The maximum absolute atomic E-state index is 12.9. The van der Waals surface area contributed by atoms with E-state index in [-0.39, 0.29) is 17.7 Å². The van der Waals surface area contributed by atoms with Gasteiger partial charge in [-0.3, -0.25) is 4.79 Å². The van der Waals surface area contributed by atoms with Crippen molar-refractivity contribution in [3.63, 3.8) is 0 Å². The maximum Gasteiger partial charge on any atom is 0.242 e. The number of aromatic nitrogens is 1. The average Bonchev–Trinajstić information content (AvgIpc) is 3.49. The summed E-state index contributed by atoms with van der Waals surface area (Å²) in [5.74, 6) is 1.67. The lowest BCUT2D eigenvalue weighted by atomic mass is 10.1. The molecule has 4 rings (SSSR count). The van der Waals surface area contributed by atoms with Crippen LogP contribution in [0.15, 0.2) is 59.2 Å². The number of anilines is 1. The largest absolute Gasteiger partial charge is 0.507 e. The van der Waals surface area contributed by atoms with Gasteiger partial charge in [0.15, 0.2) is 0 Å². The van der Waals surface area contributed by atoms with Crippen molar-refractivity contribution in [2.75, 3.05) is 18.0 Å². The monoisotopic (exact) mass is 419 g/mol. The standard InChI is InChI=1S/C25H29N3O3/c1-2-3-6-13-26-25(30)21-10-7-14-28(21)24-17-18(23-12-8-15-31-23)16-20(27-24)19-9-4-5-11-22(19)29/h4-5,8-9,11-12,15-17,21,29H,2-3,6-7,10,13-14H2,1H3,(H,26,30)/t21-/m0/s1. The summed E-state index contributed by atoms with van der Waals surface area (Å²) in [5.41, 5.74) is 2.16. The number of carbonyl (C=O) groups is 1. The molecule has 6 nitrogen and oxygen atoms in total. The minimum atomic E-state index is -0.238. The van der Waals surface area contributed by atoms with E-state index in [0.29, 0.717) is 17.8 Å². The minimum Gasteiger partial charge on any atom is -0.507 e. The van der Waals surface area contributed by atoms with Gasteiger partial charge in [0, 0.05) is 24.2 Å². The van der Waals surface area contributed by atoms with Crippen molar-refractivity contribution in [2.45, 2.75) is 45.1 Å².